The highest BCUT2D eigenvalue weighted by molar-refractivity contribution is 7.09. The Balaban J connectivity index is 2.13. The summed E-state index contributed by atoms with van der Waals surface area (Å²) < 4.78 is 12.1. The topological polar surface area (TPSA) is 53.4 Å². The highest BCUT2D eigenvalue weighted by atomic mass is 32.1. The summed E-state index contributed by atoms with van der Waals surface area (Å²) in [6, 6.07) is 7.35. The zero-order valence-electron chi connectivity index (χ0n) is 11.7. The molecular weight excluding hydrogens is 288 g/mol. The number of benzene rings is 1. The van der Waals surface area contributed by atoms with E-state index >= 15 is 0 Å². The fourth-order valence-corrected chi connectivity index (χ4v) is 2.87. The number of ether oxygens (including phenoxy) is 2. The summed E-state index contributed by atoms with van der Waals surface area (Å²) >= 11 is 1.61. The third kappa shape index (κ3) is 2.50. The molecule has 2 heterocycles. The van der Waals surface area contributed by atoms with Crippen LogP contribution in [0, 0.1) is 0 Å². The lowest BCUT2D eigenvalue weighted by atomic mass is 10.2. The molecule has 0 unspecified atom stereocenters. The first-order chi connectivity index (χ1) is 10.2. The van der Waals surface area contributed by atoms with E-state index in [0.29, 0.717) is 28.9 Å². The summed E-state index contributed by atoms with van der Waals surface area (Å²) in [7, 11) is 3.10. The molecule has 1 aromatic carbocycles. The maximum absolute atomic E-state index is 12.6. The summed E-state index contributed by atoms with van der Waals surface area (Å²) in [5.41, 5.74) is 0.509. The molecule has 0 saturated heterocycles. The maximum Gasteiger partial charge on any atom is 0.261 e. The fourth-order valence-electron chi connectivity index (χ4n) is 2.17. The lowest BCUT2D eigenvalue weighted by Gasteiger charge is -2.10. The Morgan fingerprint density at radius 1 is 1.24 bits per heavy atom. The van der Waals surface area contributed by atoms with Crippen LogP contribution in [0.5, 0.6) is 11.5 Å². The van der Waals surface area contributed by atoms with E-state index in [-0.39, 0.29) is 5.56 Å². The molecule has 108 valence electrons. The first kappa shape index (κ1) is 13.6. The van der Waals surface area contributed by atoms with Gasteiger partial charge < -0.3 is 9.47 Å². The van der Waals surface area contributed by atoms with E-state index in [1.807, 2.05) is 17.5 Å². The number of methoxy groups -OCH3 is 2. The van der Waals surface area contributed by atoms with Gasteiger partial charge in [-0.15, -0.1) is 11.3 Å². The third-order valence-electron chi connectivity index (χ3n) is 3.24. The van der Waals surface area contributed by atoms with Crippen LogP contribution >= 0.6 is 11.3 Å². The van der Waals surface area contributed by atoms with E-state index in [4.69, 9.17) is 9.47 Å². The molecule has 0 radical (unpaired) electrons. The number of nitrogens with zero attached hydrogens (tertiary/aromatic N) is 2. The fraction of sp³-hybridized carbons (Fsp3) is 0.200. The van der Waals surface area contributed by atoms with Crippen LogP contribution in [0.4, 0.5) is 0 Å². The van der Waals surface area contributed by atoms with Crippen LogP contribution in [0.25, 0.3) is 10.9 Å². The molecule has 0 spiro atoms. The van der Waals surface area contributed by atoms with Gasteiger partial charge in [-0.25, -0.2) is 4.98 Å². The predicted octanol–water partition coefficient (Wildman–Crippen LogP) is 2.52. The smallest absolute Gasteiger partial charge is 0.261 e. The van der Waals surface area contributed by atoms with Gasteiger partial charge in [-0.05, 0) is 17.5 Å². The Morgan fingerprint density at radius 3 is 2.67 bits per heavy atom. The van der Waals surface area contributed by atoms with Crippen LogP contribution in [0.15, 0.2) is 40.8 Å². The van der Waals surface area contributed by atoms with Crippen molar-refractivity contribution in [2.24, 2.45) is 0 Å². The van der Waals surface area contributed by atoms with Gasteiger partial charge in [0.15, 0.2) is 11.5 Å². The molecule has 0 saturated carbocycles. The molecule has 2 aromatic heterocycles. The van der Waals surface area contributed by atoms with Crippen molar-refractivity contribution in [1.29, 1.82) is 0 Å². The number of rotatable bonds is 4. The normalized spacial score (nSPS) is 10.8. The zero-order chi connectivity index (χ0) is 14.8. The molecule has 5 nitrogen and oxygen atoms in total. The summed E-state index contributed by atoms with van der Waals surface area (Å²) in [4.78, 5) is 18.0. The molecule has 3 rings (SSSR count). The van der Waals surface area contributed by atoms with Crippen LogP contribution in [-0.2, 0) is 6.54 Å². The SMILES string of the molecule is COc1cc2ncn(Cc3cccs3)c(=O)c2cc1OC. The van der Waals surface area contributed by atoms with Crippen molar-refractivity contribution in [3.63, 3.8) is 0 Å². The lowest BCUT2D eigenvalue weighted by molar-refractivity contribution is 0.355. The summed E-state index contributed by atoms with van der Waals surface area (Å²) in [5.74, 6) is 1.09. The Morgan fingerprint density at radius 2 is 2.00 bits per heavy atom. The van der Waals surface area contributed by atoms with E-state index in [0.717, 1.165) is 4.88 Å². The van der Waals surface area contributed by atoms with Crippen LogP contribution in [0.2, 0.25) is 0 Å². The predicted molar refractivity (Wildman–Crippen MR) is 82.5 cm³/mol. The number of hydrogen-bond acceptors (Lipinski definition) is 5. The van der Waals surface area contributed by atoms with Gasteiger partial charge in [0.25, 0.3) is 5.56 Å². The minimum atomic E-state index is -0.0886. The van der Waals surface area contributed by atoms with Crippen molar-refractivity contribution in [2.45, 2.75) is 6.54 Å². The summed E-state index contributed by atoms with van der Waals surface area (Å²) in [6.07, 6.45) is 1.57. The number of thiophene rings is 1. The van der Waals surface area contributed by atoms with Crippen LogP contribution in [0.1, 0.15) is 4.88 Å². The average molecular weight is 302 g/mol. The van der Waals surface area contributed by atoms with E-state index in [1.54, 1.807) is 48.6 Å². The summed E-state index contributed by atoms with van der Waals surface area (Å²) in [6.45, 7) is 0.522. The van der Waals surface area contributed by atoms with E-state index < -0.39 is 0 Å². The van der Waals surface area contributed by atoms with Gasteiger partial charge in [0.1, 0.15) is 0 Å². The standard InChI is InChI=1S/C15H14N2O3S/c1-19-13-6-11-12(7-14(13)20-2)16-9-17(15(11)18)8-10-4-3-5-21-10/h3-7,9H,8H2,1-2H3. The average Bonchev–Trinajstić information content (AvgIpc) is 3.02. The number of fused-ring (bicyclic) bond motifs is 1. The van der Waals surface area contributed by atoms with Crippen LogP contribution < -0.4 is 15.0 Å². The number of aromatic nitrogens is 2. The van der Waals surface area contributed by atoms with Crippen molar-refractivity contribution < 1.29 is 9.47 Å². The van der Waals surface area contributed by atoms with Crippen molar-refractivity contribution >= 4 is 22.2 Å². The van der Waals surface area contributed by atoms with Crippen molar-refractivity contribution in [2.75, 3.05) is 14.2 Å². The van der Waals surface area contributed by atoms with E-state index in [2.05, 4.69) is 4.98 Å². The molecule has 0 bridgehead atoms. The van der Waals surface area contributed by atoms with Crippen molar-refractivity contribution in [3.05, 3.63) is 51.2 Å². The van der Waals surface area contributed by atoms with Crippen LogP contribution in [-0.4, -0.2) is 23.8 Å². The van der Waals surface area contributed by atoms with Crippen molar-refractivity contribution in [3.8, 4) is 11.5 Å². The molecule has 3 aromatic rings. The lowest BCUT2D eigenvalue weighted by Crippen LogP contribution is -2.20. The monoisotopic (exact) mass is 302 g/mol. The first-order valence-corrected chi connectivity index (χ1v) is 7.24. The molecule has 0 atom stereocenters. The zero-order valence-corrected chi connectivity index (χ0v) is 12.5. The quantitative estimate of drug-likeness (QED) is 0.743. The largest absolute Gasteiger partial charge is 0.493 e. The van der Waals surface area contributed by atoms with Gasteiger partial charge in [-0.1, -0.05) is 6.07 Å². The van der Waals surface area contributed by atoms with Gasteiger partial charge in [-0.3, -0.25) is 9.36 Å². The van der Waals surface area contributed by atoms with Gasteiger partial charge in [-0.2, -0.15) is 0 Å². The van der Waals surface area contributed by atoms with Gasteiger partial charge in [0.05, 0.1) is 38.0 Å². The summed E-state index contributed by atoms with van der Waals surface area (Å²) in [5, 5.41) is 2.51. The molecule has 0 fully saturated rings. The van der Waals surface area contributed by atoms with Crippen LogP contribution in [0.3, 0.4) is 0 Å². The molecule has 0 aliphatic rings. The highest BCUT2D eigenvalue weighted by Crippen LogP contribution is 2.29. The van der Waals surface area contributed by atoms with Gasteiger partial charge >= 0.3 is 0 Å². The molecule has 0 aliphatic heterocycles. The maximum atomic E-state index is 12.6. The molecule has 0 amide bonds. The second-order valence-electron chi connectivity index (χ2n) is 4.48. The number of hydrogen-bond donors (Lipinski definition) is 0. The van der Waals surface area contributed by atoms with Gasteiger partial charge in [0.2, 0.25) is 0 Å². The second-order valence-corrected chi connectivity index (χ2v) is 5.51. The minimum absolute atomic E-state index is 0.0886. The highest BCUT2D eigenvalue weighted by Gasteiger charge is 2.11. The van der Waals surface area contributed by atoms with E-state index in [1.165, 1.54) is 0 Å². The Kier molecular flexibility index (Phi) is 3.62. The third-order valence-corrected chi connectivity index (χ3v) is 4.10. The van der Waals surface area contributed by atoms with Gasteiger partial charge in [0, 0.05) is 10.9 Å². The second kappa shape index (κ2) is 5.57. The molecular formula is C15H14N2O3S. The van der Waals surface area contributed by atoms with Crippen molar-refractivity contribution in [1.82, 2.24) is 9.55 Å². The molecule has 6 heteroatoms. The molecule has 0 aliphatic carbocycles. The molecule has 21 heavy (non-hydrogen) atoms. The van der Waals surface area contributed by atoms with E-state index in [9.17, 15) is 4.79 Å². The molecule has 0 N–H and O–H groups in total. The Hall–Kier alpha value is -2.34. The Labute approximate surface area is 125 Å². The first-order valence-electron chi connectivity index (χ1n) is 6.36. The minimum Gasteiger partial charge on any atom is -0.493 e. The Bertz CT molecular complexity index is 825.